The molecule has 2 rings (SSSR count). The van der Waals surface area contributed by atoms with Gasteiger partial charge in [-0.1, -0.05) is 6.07 Å². The van der Waals surface area contributed by atoms with E-state index in [9.17, 15) is 24.8 Å². The Bertz CT molecular complexity index is 895. The summed E-state index contributed by atoms with van der Waals surface area (Å²) in [6.45, 7) is 3.06. The van der Waals surface area contributed by atoms with Crippen molar-refractivity contribution < 1.29 is 29.1 Å². The summed E-state index contributed by atoms with van der Waals surface area (Å²) in [5, 5.41) is 23.3. The molecule has 0 unspecified atom stereocenters. The van der Waals surface area contributed by atoms with Gasteiger partial charge in [-0.2, -0.15) is 0 Å². The van der Waals surface area contributed by atoms with Crippen LogP contribution < -0.4 is 10.1 Å². The molecule has 0 radical (unpaired) electrons. The molecule has 2 aromatic carbocycles. The van der Waals surface area contributed by atoms with Crippen molar-refractivity contribution in [1.29, 1.82) is 0 Å². The number of amides is 1. The minimum absolute atomic E-state index is 0.0631. The van der Waals surface area contributed by atoms with Gasteiger partial charge in [-0.25, -0.2) is 4.79 Å². The Morgan fingerprint density at radius 3 is 2.52 bits per heavy atom. The van der Waals surface area contributed by atoms with Gasteiger partial charge in [-0.15, -0.1) is 0 Å². The number of nitro benzene ring substituents is 1. The van der Waals surface area contributed by atoms with Crippen molar-refractivity contribution in [2.24, 2.45) is 0 Å². The number of carbonyl (C=O) groups excluding carboxylic acids is 2. The summed E-state index contributed by atoms with van der Waals surface area (Å²) in [7, 11) is 1.36. The summed E-state index contributed by atoms with van der Waals surface area (Å²) in [4.78, 5) is 34.8. The molecule has 0 aliphatic carbocycles. The van der Waals surface area contributed by atoms with E-state index in [-0.39, 0.29) is 28.4 Å². The fraction of sp³-hybridized carbons (Fsp3) is 0.222. The number of nitrogens with one attached hydrogen (secondary N) is 1. The molecule has 2 N–H and O–H groups in total. The van der Waals surface area contributed by atoms with Gasteiger partial charge in [0.05, 0.1) is 18.1 Å². The summed E-state index contributed by atoms with van der Waals surface area (Å²) < 4.78 is 9.95. The number of phenolic OH excluding ortho intramolecular Hbond substituents is 1. The lowest BCUT2D eigenvalue weighted by atomic mass is 10.1. The van der Waals surface area contributed by atoms with Crippen molar-refractivity contribution in [2.75, 3.05) is 12.4 Å². The van der Waals surface area contributed by atoms with E-state index in [1.807, 2.05) is 0 Å². The van der Waals surface area contributed by atoms with Crippen LogP contribution in [0.2, 0.25) is 0 Å². The predicted molar refractivity (Wildman–Crippen MR) is 96.0 cm³/mol. The predicted octanol–water partition coefficient (Wildman–Crippen LogP) is 2.80. The minimum Gasteiger partial charge on any atom is -0.507 e. The zero-order valence-electron chi connectivity index (χ0n) is 14.9. The molecule has 2 aromatic rings. The Hall–Kier alpha value is -3.62. The van der Waals surface area contributed by atoms with Crippen LogP contribution in [0.25, 0.3) is 0 Å². The van der Waals surface area contributed by atoms with Gasteiger partial charge in [0.1, 0.15) is 22.7 Å². The van der Waals surface area contributed by atoms with Crippen molar-refractivity contribution in [2.45, 2.75) is 20.0 Å². The van der Waals surface area contributed by atoms with Gasteiger partial charge in [0.15, 0.2) is 6.10 Å². The molecule has 9 heteroatoms. The van der Waals surface area contributed by atoms with Crippen LogP contribution in [0, 0.1) is 17.0 Å². The van der Waals surface area contributed by atoms with Crippen LogP contribution in [0.1, 0.15) is 22.8 Å². The summed E-state index contributed by atoms with van der Waals surface area (Å²) in [6.07, 6.45) is -1.25. The summed E-state index contributed by atoms with van der Waals surface area (Å²) in [6, 6.07) is 8.31. The van der Waals surface area contributed by atoms with Crippen molar-refractivity contribution in [3.8, 4) is 11.5 Å². The van der Waals surface area contributed by atoms with E-state index in [0.717, 1.165) is 11.6 Å². The zero-order chi connectivity index (χ0) is 20.1. The van der Waals surface area contributed by atoms with Gasteiger partial charge in [-0.3, -0.25) is 14.9 Å². The molecule has 0 heterocycles. The van der Waals surface area contributed by atoms with Crippen LogP contribution in [-0.4, -0.2) is 35.1 Å². The minimum atomic E-state index is -1.25. The number of aromatic hydroxyl groups is 1. The molecule has 27 heavy (non-hydrogen) atoms. The van der Waals surface area contributed by atoms with E-state index in [1.54, 1.807) is 13.0 Å². The molecule has 0 fully saturated rings. The van der Waals surface area contributed by atoms with E-state index < -0.39 is 22.9 Å². The number of methoxy groups -OCH3 is 1. The molecule has 0 saturated carbocycles. The highest BCUT2D eigenvalue weighted by Gasteiger charge is 2.24. The first-order chi connectivity index (χ1) is 12.7. The van der Waals surface area contributed by atoms with E-state index in [1.165, 1.54) is 38.3 Å². The molecule has 0 aliphatic rings. The lowest BCUT2D eigenvalue weighted by molar-refractivity contribution is -0.384. The number of ether oxygens (including phenoxy) is 2. The lowest BCUT2D eigenvalue weighted by Crippen LogP contribution is -2.30. The number of esters is 1. The van der Waals surface area contributed by atoms with Gasteiger partial charge in [0.25, 0.3) is 11.6 Å². The Morgan fingerprint density at radius 2 is 1.93 bits per heavy atom. The third-order valence-corrected chi connectivity index (χ3v) is 3.69. The molecule has 0 aromatic heterocycles. The number of hydrogen-bond acceptors (Lipinski definition) is 7. The highest BCUT2D eigenvalue weighted by molar-refractivity contribution is 5.99. The number of phenols is 1. The van der Waals surface area contributed by atoms with Crippen LogP contribution in [0.4, 0.5) is 11.4 Å². The molecule has 0 aliphatic heterocycles. The second-order valence-electron chi connectivity index (χ2n) is 5.70. The molecule has 9 nitrogen and oxygen atoms in total. The van der Waals surface area contributed by atoms with Crippen LogP contribution >= 0.6 is 0 Å². The largest absolute Gasteiger partial charge is 0.507 e. The first-order valence-corrected chi connectivity index (χ1v) is 7.86. The fourth-order valence-corrected chi connectivity index (χ4v) is 2.22. The zero-order valence-corrected chi connectivity index (χ0v) is 14.9. The van der Waals surface area contributed by atoms with E-state index >= 15 is 0 Å². The molecule has 0 bridgehead atoms. The second kappa shape index (κ2) is 8.17. The molecule has 0 spiro atoms. The van der Waals surface area contributed by atoms with Crippen LogP contribution in [0.15, 0.2) is 36.4 Å². The quantitative estimate of drug-likeness (QED) is 0.452. The number of hydrogen-bond donors (Lipinski definition) is 2. The van der Waals surface area contributed by atoms with Gasteiger partial charge in [0.2, 0.25) is 0 Å². The van der Waals surface area contributed by atoms with Crippen LogP contribution in [-0.2, 0) is 9.53 Å². The van der Waals surface area contributed by atoms with Crippen molar-refractivity contribution in [3.05, 3.63) is 57.6 Å². The number of benzene rings is 2. The highest BCUT2D eigenvalue weighted by Crippen LogP contribution is 2.29. The normalized spacial score (nSPS) is 11.4. The smallest absolute Gasteiger partial charge is 0.342 e. The average Bonchev–Trinajstić information content (AvgIpc) is 2.61. The fourth-order valence-electron chi connectivity index (χ4n) is 2.22. The molecule has 1 atom stereocenters. The van der Waals surface area contributed by atoms with Crippen molar-refractivity contribution in [3.63, 3.8) is 0 Å². The summed E-state index contributed by atoms with van der Waals surface area (Å²) in [5.74, 6) is -1.66. The highest BCUT2D eigenvalue weighted by atomic mass is 16.6. The summed E-state index contributed by atoms with van der Waals surface area (Å²) >= 11 is 0. The van der Waals surface area contributed by atoms with E-state index in [2.05, 4.69) is 5.32 Å². The standard InChI is InChI=1S/C18H18N2O7/c1-10-4-6-13(16(21)8-10)18(23)27-11(2)17(22)19-14-7-5-12(26-3)9-15(14)20(24)25/h4-9,11,21H,1-3H3,(H,19,22)/t11-/m1/s1. The van der Waals surface area contributed by atoms with Crippen molar-refractivity contribution >= 4 is 23.3 Å². The van der Waals surface area contributed by atoms with Gasteiger partial charge < -0.3 is 19.9 Å². The van der Waals surface area contributed by atoms with Gasteiger partial charge in [0, 0.05) is 0 Å². The monoisotopic (exact) mass is 374 g/mol. The van der Waals surface area contributed by atoms with E-state index in [0.29, 0.717) is 0 Å². The molecule has 1 amide bonds. The summed E-state index contributed by atoms with van der Waals surface area (Å²) in [5.41, 5.74) is 0.238. The number of nitro groups is 1. The first-order valence-electron chi connectivity index (χ1n) is 7.86. The molecular weight excluding hydrogens is 356 g/mol. The Labute approximate surface area is 154 Å². The molecule has 0 saturated heterocycles. The van der Waals surface area contributed by atoms with Gasteiger partial charge in [-0.05, 0) is 43.7 Å². The SMILES string of the molecule is COc1ccc(NC(=O)[C@@H](C)OC(=O)c2ccc(C)cc2O)c([N+](=O)[O-])c1. The van der Waals surface area contributed by atoms with Crippen LogP contribution in [0.5, 0.6) is 11.5 Å². The third kappa shape index (κ3) is 4.72. The molecule has 142 valence electrons. The number of rotatable bonds is 6. The maximum atomic E-state index is 12.2. The number of carbonyl (C=O) groups is 2. The average molecular weight is 374 g/mol. The Kier molecular flexibility index (Phi) is 5.96. The van der Waals surface area contributed by atoms with E-state index in [4.69, 9.17) is 9.47 Å². The Morgan fingerprint density at radius 1 is 1.22 bits per heavy atom. The van der Waals surface area contributed by atoms with Crippen LogP contribution in [0.3, 0.4) is 0 Å². The Balaban J connectivity index is 2.12. The number of nitrogens with zero attached hydrogens (tertiary/aromatic N) is 1. The number of anilines is 1. The maximum absolute atomic E-state index is 12.2. The van der Waals surface area contributed by atoms with Crippen molar-refractivity contribution in [1.82, 2.24) is 0 Å². The first kappa shape index (κ1) is 19.7. The topological polar surface area (TPSA) is 128 Å². The third-order valence-electron chi connectivity index (χ3n) is 3.69. The molecular formula is C18H18N2O7. The maximum Gasteiger partial charge on any atom is 0.342 e. The lowest BCUT2D eigenvalue weighted by Gasteiger charge is -2.14. The second-order valence-corrected chi connectivity index (χ2v) is 5.70. The number of aryl methyl sites for hydroxylation is 1. The van der Waals surface area contributed by atoms with Gasteiger partial charge >= 0.3 is 5.97 Å².